The van der Waals surface area contributed by atoms with Crippen molar-refractivity contribution < 1.29 is 115 Å². The normalized spacial score (nSPS) is 13.0. The number of carbonyl (C=O) groups is 1. The first-order valence-corrected chi connectivity index (χ1v) is 17.6. The number of sulfone groups is 1. The van der Waals surface area contributed by atoms with Crippen LogP contribution >= 0.6 is 19.4 Å². The molecule has 0 saturated heterocycles. The van der Waals surface area contributed by atoms with Crippen molar-refractivity contribution in [2.75, 3.05) is 30.6 Å². The first kappa shape index (κ1) is 36.8. The van der Waals surface area contributed by atoms with Gasteiger partial charge < -0.3 is 38.1 Å². The van der Waals surface area contributed by atoms with Crippen LogP contribution < -0.4 is 79.0 Å². The van der Waals surface area contributed by atoms with Gasteiger partial charge in [-0.2, -0.15) is 0 Å². The van der Waals surface area contributed by atoms with Crippen LogP contribution in [0.2, 0.25) is 5.02 Å². The number of ether oxygens (including phenoxy) is 2. The van der Waals surface area contributed by atoms with Crippen LogP contribution in [0.5, 0.6) is 5.75 Å². The Kier molecular flexibility index (Phi) is 13.7. The Morgan fingerprint density at radius 2 is 1.88 bits per heavy atom. The van der Waals surface area contributed by atoms with E-state index in [-0.39, 0.29) is 81.4 Å². The van der Waals surface area contributed by atoms with Crippen LogP contribution in [0.25, 0.3) is 22.2 Å². The van der Waals surface area contributed by atoms with Crippen LogP contribution in [-0.2, 0) is 36.8 Å². The summed E-state index contributed by atoms with van der Waals surface area (Å²) in [6.45, 7) is -5.95. The topological polar surface area (TPSA) is 196 Å². The quantitative estimate of drug-likeness (QED) is 0.0803. The molecule has 0 spiro atoms. The number of phosphoric ester groups is 1. The summed E-state index contributed by atoms with van der Waals surface area (Å²) >= 11 is 6.46. The standard InChI is InChI=1S/C31H29ClFN4O10PS.2Na/c1-49(42,43)12-11-37(31(38)45-19-46-48(39,40)41)16-24-7-10-28(47-24)21-5-8-27-25(14-21)30(35-18-34-27)36-23-6-9-29(26(32)15-23)44-17-20-3-2-4-22(33)13-20;;/h2-10,13-15,18H,11-12,16-17,19H2,1H3,(H,34,35,36)(H2,39,40,41);;/q;2*+1/p-2/i12D2,16D2;;. The first-order valence-electron chi connectivity index (χ1n) is 15.8. The number of carbonyl (C=O) groups excluding carboxylic acids is 1. The summed E-state index contributed by atoms with van der Waals surface area (Å²) in [7, 11) is -10.2. The van der Waals surface area contributed by atoms with E-state index in [1.807, 2.05) is 0 Å². The van der Waals surface area contributed by atoms with Crippen LogP contribution in [0.1, 0.15) is 16.8 Å². The van der Waals surface area contributed by atoms with Crippen LogP contribution in [0.3, 0.4) is 0 Å². The van der Waals surface area contributed by atoms with E-state index in [9.17, 15) is 32.0 Å². The van der Waals surface area contributed by atoms with Gasteiger partial charge in [0.1, 0.15) is 51.7 Å². The van der Waals surface area contributed by atoms with Gasteiger partial charge in [-0.05, 0) is 66.2 Å². The number of benzene rings is 3. The van der Waals surface area contributed by atoms with E-state index in [1.165, 1.54) is 24.5 Å². The minimum absolute atomic E-state index is 0. The number of phosphoric acid groups is 1. The van der Waals surface area contributed by atoms with E-state index in [2.05, 4.69) is 24.5 Å². The Labute approximate surface area is 347 Å². The third-order valence-corrected chi connectivity index (χ3v) is 7.72. The molecule has 2 heterocycles. The van der Waals surface area contributed by atoms with Gasteiger partial charge >= 0.3 is 65.2 Å². The molecular weight excluding hydrogens is 752 g/mol. The molecule has 0 radical (unpaired) electrons. The Balaban J connectivity index is 0.00000406. The maximum Gasteiger partial charge on any atom is 1.00 e. The zero-order valence-electron chi connectivity index (χ0n) is 31.2. The fraction of sp³-hybridized carbons (Fsp3) is 0.194. The van der Waals surface area contributed by atoms with Crippen molar-refractivity contribution >= 4 is 57.8 Å². The summed E-state index contributed by atoms with van der Waals surface area (Å²) in [5, 5.41) is 3.89. The zero-order chi connectivity index (χ0) is 38.8. The van der Waals surface area contributed by atoms with Crippen molar-refractivity contribution in [1.29, 1.82) is 0 Å². The number of fused-ring (bicyclic) bond motifs is 1. The number of rotatable bonds is 14. The maximum atomic E-state index is 13.5. The molecule has 0 aliphatic heterocycles. The molecule has 51 heavy (non-hydrogen) atoms. The Hall–Kier alpha value is -2.57. The van der Waals surface area contributed by atoms with Crippen molar-refractivity contribution in [3.05, 3.63) is 101 Å². The summed E-state index contributed by atoms with van der Waals surface area (Å²) in [6, 6.07) is 18.1. The average Bonchev–Trinajstić information content (AvgIpc) is 3.57. The van der Waals surface area contributed by atoms with Crippen molar-refractivity contribution in [2.45, 2.75) is 13.1 Å². The molecule has 14 nitrogen and oxygen atoms in total. The van der Waals surface area contributed by atoms with Crippen molar-refractivity contribution in [3.63, 3.8) is 0 Å². The minimum Gasteiger partial charge on any atom is -0.790 e. The van der Waals surface area contributed by atoms with Gasteiger partial charge in [-0.25, -0.2) is 27.6 Å². The van der Waals surface area contributed by atoms with Gasteiger partial charge in [0.15, 0.2) is 6.79 Å². The van der Waals surface area contributed by atoms with E-state index in [0.29, 0.717) is 45.5 Å². The monoisotopic (exact) mass is 782 g/mol. The van der Waals surface area contributed by atoms with E-state index in [4.69, 9.17) is 26.2 Å². The van der Waals surface area contributed by atoms with Gasteiger partial charge in [0, 0.05) is 32.2 Å². The molecule has 0 aliphatic carbocycles. The van der Waals surface area contributed by atoms with Crippen molar-refractivity contribution in [1.82, 2.24) is 14.9 Å². The molecule has 258 valence electrons. The van der Waals surface area contributed by atoms with Crippen molar-refractivity contribution in [2.24, 2.45) is 0 Å². The van der Waals surface area contributed by atoms with Crippen LogP contribution in [-0.4, -0.2) is 54.7 Å². The maximum absolute atomic E-state index is 13.5. The predicted octanol–water partition coefficient (Wildman–Crippen LogP) is -1.20. The van der Waals surface area contributed by atoms with Gasteiger partial charge in [-0.3, -0.25) is 4.90 Å². The van der Waals surface area contributed by atoms with Gasteiger partial charge in [0.2, 0.25) is 0 Å². The molecular formula is C31H27ClFN4Na2O10PS. The molecule has 0 aliphatic rings. The third-order valence-electron chi connectivity index (χ3n) is 6.35. The number of furan rings is 1. The smallest absolute Gasteiger partial charge is 0.790 e. The second kappa shape index (κ2) is 19.0. The summed E-state index contributed by atoms with van der Waals surface area (Å²) in [5.74, 6) is -0.263. The molecule has 1 amide bonds. The molecule has 0 atom stereocenters. The van der Waals surface area contributed by atoms with Gasteiger partial charge in [0.05, 0.1) is 33.3 Å². The number of anilines is 2. The number of amides is 1. The Bertz CT molecular complexity index is 2330. The summed E-state index contributed by atoms with van der Waals surface area (Å²) < 4.78 is 101. The Morgan fingerprint density at radius 1 is 1.10 bits per heavy atom. The van der Waals surface area contributed by atoms with Gasteiger partial charge in [-0.1, -0.05) is 23.7 Å². The number of nitrogens with one attached hydrogen (secondary N) is 1. The number of nitrogens with zero attached hydrogens (tertiary/aromatic N) is 3. The van der Waals surface area contributed by atoms with Gasteiger partial charge in [-0.15, -0.1) is 0 Å². The van der Waals surface area contributed by atoms with Gasteiger partial charge in [0.25, 0.3) is 0 Å². The largest absolute Gasteiger partial charge is 1.00 e. The zero-order valence-corrected chi connectivity index (χ0v) is 33.6. The molecule has 20 heteroatoms. The van der Waals surface area contributed by atoms with Crippen molar-refractivity contribution in [3.8, 4) is 17.1 Å². The van der Waals surface area contributed by atoms with Crippen LogP contribution in [0.4, 0.5) is 20.7 Å². The molecule has 0 saturated carbocycles. The molecule has 0 bridgehead atoms. The third kappa shape index (κ3) is 13.1. The second-order valence-corrected chi connectivity index (χ2v) is 13.4. The molecule has 3 aromatic carbocycles. The van der Waals surface area contributed by atoms with Crippen LogP contribution in [0.15, 0.2) is 83.5 Å². The SMILES string of the molecule is [2H]C([2H])(c1ccc(-c2ccc3ncnc(Nc4ccc(OCc5cccc(F)c5)c(Cl)c4)c3c2)o1)N(CC([2H])([2H])S(C)(=O)=O)C(=O)OCOP(=O)([O-])[O-].[Na+].[Na+]. The van der Waals surface area contributed by atoms with Crippen LogP contribution in [0, 0.1) is 5.82 Å². The number of aromatic nitrogens is 2. The molecule has 0 fully saturated rings. The molecule has 2 aromatic heterocycles. The fourth-order valence-corrected chi connectivity index (χ4v) is 4.95. The first-order chi connectivity index (χ1) is 24.7. The fourth-order valence-electron chi connectivity index (χ4n) is 4.17. The molecule has 0 unspecified atom stereocenters. The predicted molar refractivity (Wildman–Crippen MR) is 173 cm³/mol. The number of halogens is 2. The molecule has 5 aromatic rings. The van der Waals surface area contributed by atoms with E-state index >= 15 is 0 Å². The Morgan fingerprint density at radius 3 is 2.59 bits per heavy atom. The van der Waals surface area contributed by atoms with E-state index in [0.717, 1.165) is 6.07 Å². The van der Waals surface area contributed by atoms with E-state index in [1.54, 1.807) is 48.5 Å². The average molecular weight is 783 g/mol. The minimum atomic E-state index is -5.62. The molecule has 5 rings (SSSR count). The second-order valence-electron chi connectivity index (χ2n) is 10.0. The molecule has 1 N–H and O–H groups in total. The summed E-state index contributed by atoms with van der Waals surface area (Å²) in [6.07, 6.45) is 0.0782. The number of hydrogen-bond donors (Lipinski definition) is 1. The summed E-state index contributed by atoms with van der Waals surface area (Å²) in [5.41, 5.74) is -1.22. The number of hydrogen-bond acceptors (Lipinski definition) is 13. The summed E-state index contributed by atoms with van der Waals surface area (Å²) in [4.78, 5) is 43.0. The van der Waals surface area contributed by atoms with E-state index < -0.39 is 60.9 Å².